The van der Waals surface area contributed by atoms with Crippen molar-refractivity contribution in [2.75, 3.05) is 31.1 Å². The van der Waals surface area contributed by atoms with Gasteiger partial charge in [0.25, 0.3) is 0 Å². The molecular weight excluding hydrogens is 188 g/mol. The second-order valence-corrected chi connectivity index (χ2v) is 4.66. The van der Waals surface area contributed by atoms with Crippen molar-refractivity contribution in [1.29, 1.82) is 0 Å². The summed E-state index contributed by atoms with van der Waals surface area (Å²) in [7, 11) is 0. The van der Waals surface area contributed by atoms with E-state index in [1.165, 1.54) is 25.9 Å². The van der Waals surface area contributed by atoms with Crippen molar-refractivity contribution in [3.63, 3.8) is 0 Å². The predicted molar refractivity (Wildman–Crippen MR) is 58.8 cm³/mol. The Hall–Kier alpha value is -1.16. The van der Waals surface area contributed by atoms with E-state index < -0.39 is 0 Å². The molecule has 0 radical (unpaired) electrons. The lowest BCUT2D eigenvalue weighted by molar-refractivity contribution is 0.369. The Kier molecular flexibility index (Phi) is 2.09. The van der Waals surface area contributed by atoms with Crippen LogP contribution in [0, 0.1) is 5.41 Å². The molecule has 1 N–H and O–H groups in total. The zero-order chi connectivity index (χ0) is 10.1. The molecule has 15 heavy (non-hydrogen) atoms. The highest BCUT2D eigenvalue weighted by molar-refractivity contribution is 5.37. The lowest BCUT2D eigenvalue weighted by Gasteiger charge is -2.22. The fourth-order valence-electron chi connectivity index (χ4n) is 2.73. The van der Waals surface area contributed by atoms with Crippen LogP contribution in [0.25, 0.3) is 0 Å². The number of nitrogens with one attached hydrogen (secondary N) is 1. The molecule has 1 aromatic heterocycles. The van der Waals surface area contributed by atoms with E-state index in [1.54, 1.807) is 12.4 Å². The maximum atomic E-state index is 4.36. The summed E-state index contributed by atoms with van der Waals surface area (Å²) < 4.78 is 0. The van der Waals surface area contributed by atoms with Gasteiger partial charge in [0.05, 0.1) is 6.20 Å². The summed E-state index contributed by atoms with van der Waals surface area (Å²) in [5.41, 5.74) is 0.511. The lowest BCUT2D eigenvalue weighted by Crippen LogP contribution is -2.29. The molecule has 0 bridgehead atoms. The molecule has 4 nitrogen and oxygen atoms in total. The second kappa shape index (κ2) is 3.45. The summed E-state index contributed by atoms with van der Waals surface area (Å²) >= 11 is 0. The quantitative estimate of drug-likeness (QED) is 0.730. The molecule has 0 aromatic carbocycles. The number of hydrogen-bond acceptors (Lipinski definition) is 4. The predicted octanol–water partition coefficient (Wildman–Crippen LogP) is 0.666. The van der Waals surface area contributed by atoms with E-state index in [1.807, 2.05) is 6.20 Å². The van der Waals surface area contributed by atoms with Crippen LogP contribution in [0.3, 0.4) is 0 Å². The highest BCUT2D eigenvalue weighted by Gasteiger charge is 2.40. The molecule has 4 heteroatoms. The van der Waals surface area contributed by atoms with E-state index in [-0.39, 0.29) is 0 Å². The maximum Gasteiger partial charge on any atom is 0.147 e. The normalized spacial score (nSPS) is 30.3. The number of aromatic nitrogens is 2. The van der Waals surface area contributed by atoms with Gasteiger partial charge in [-0.2, -0.15) is 0 Å². The minimum atomic E-state index is 0.511. The number of anilines is 1. The van der Waals surface area contributed by atoms with Crippen molar-refractivity contribution >= 4 is 5.82 Å². The Bertz CT molecular complexity index is 332. The molecule has 0 amide bonds. The van der Waals surface area contributed by atoms with E-state index in [2.05, 4.69) is 20.2 Å². The van der Waals surface area contributed by atoms with Crippen molar-refractivity contribution < 1.29 is 0 Å². The van der Waals surface area contributed by atoms with Gasteiger partial charge >= 0.3 is 0 Å². The van der Waals surface area contributed by atoms with Gasteiger partial charge in [-0.1, -0.05) is 0 Å². The van der Waals surface area contributed by atoms with E-state index in [9.17, 15) is 0 Å². The van der Waals surface area contributed by atoms with Gasteiger partial charge in [-0.05, 0) is 19.4 Å². The van der Waals surface area contributed by atoms with Gasteiger partial charge in [0, 0.05) is 37.4 Å². The van der Waals surface area contributed by atoms with Crippen LogP contribution in [0.5, 0.6) is 0 Å². The minimum absolute atomic E-state index is 0.511. The zero-order valence-corrected chi connectivity index (χ0v) is 8.82. The minimum Gasteiger partial charge on any atom is -0.355 e. The molecule has 1 spiro atoms. The zero-order valence-electron chi connectivity index (χ0n) is 8.82. The Balaban J connectivity index is 1.76. The molecule has 2 fully saturated rings. The first-order valence-electron chi connectivity index (χ1n) is 5.60. The Morgan fingerprint density at radius 1 is 1.33 bits per heavy atom. The monoisotopic (exact) mass is 204 g/mol. The van der Waals surface area contributed by atoms with Gasteiger partial charge in [-0.15, -0.1) is 0 Å². The van der Waals surface area contributed by atoms with Crippen molar-refractivity contribution in [1.82, 2.24) is 15.3 Å². The van der Waals surface area contributed by atoms with Crippen molar-refractivity contribution in [2.24, 2.45) is 5.41 Å². The molecule has 1 atom stereocenters. The second-order valence-electron chi connectivity index (χ2n) is 4.66. The van der Waals surface area contributed by atoms with Gasteiger partial charge in [-0.25, -0.2) is 4.98 Å². The van der Waals surface area contributed by atoms with Gasteiger partial charge < -0.3 is 10.2 Å². The Labute approximate surface area is 89.7 Å². The highest BCUT2D eigenvalue weighted by atomic mass is 15.2. The van der Waals surface area contributed by atoms with E-state index in [4.69, 9.17) is 0 Å². The number of nitrogens with zero attached hydrogens (tertiary/aromatic N) is 3. The molecular formula is C11H16N4. The van der Waals surface area contributed by atoms with Crippen molar-refractivity contribution in [3.8, 4) is 0 Å². The largest absolute Gasteiger partial charge is 0.355 e. The molecule has 1 aromatic rings. The third-order valence-electron chi connectivity index (χ3n) is 3.64. The standard InChI is InChI=1S/C11H16N4/c1-3-13-8-11(1)2-6-15(9-11)10-7-12-4-5-14-10/h4-5,7,13H,1-3,6,8-9H2. The molecule has 1 unspecified atom stereocenters. The first-order valence-corrected chi connectivity index (χ1v) is 5.60. The molecule has 3 heterocycles. The summed E-state index contributed by atoms with van der Waals surface area (Å²) in [6, 6.07) is 0. The number of rotatable bonds is 1. The van der Waals surface area contributed by atoms with E-state index in [0.717, 1.165) is 18.9 Å². The third-order valence-corrected chi connectivity index (χ3v) is 3.64. The van der Waals surface area contributed by atoms with E-state index >= 15 is 0 Å². The van der Waals surface area contributed by atoms with Crippen LogP contribution in [0.15, 0.2) is 18.6 Å². The highest BCUT2D eigenvalue weighted by Crippen LogP contribution is 2.37. The third kappa shape index (κ3) is 1.59. The average Bonchev–Trinajstić information content (AvgIpc) is 2.91. The molecule has 0 aliphatic carbocycles. The smallest absolute Gasteiger partial charge is 0.147 e. The summed E-state index contributed by atoms with van der Waals surface area (Å²) in [5.74, 6) is 1.03. The molecule has 2 aliphatic rings. The molecule has 0 saturated carbocycles. The summed E-state index contributed by atoms with van der Waals surface area (Å²) in [6.07, 6.45) is 7.96. The molecule has 3 rings (SSSR count). The van der Waals surface area contributed by atoms with Crippen LogP contribution in [-0.4, -0.2) is 36.1 Å². The number of hydrogen-bond donors (Lipinski definition) is 1. The van der Waals surface area contributed by atoms with Gasteiger partial charge in [0.2, 0.25) is 0 Å². The molecule has 2 saturated heterocycles. The van der Waals surface area contributed by atoms with Crippen LogP contribution in [0.2, 0.25) is 0 Å². The van der Waals surface area contributed by atoms with Crippen LogP contribution < -0.4 is 10.2 Å². The fourth-order valence-corrected chi connectivity index (χ4v) is 2.73. The average molecular weight is 204 g/mol. The van der Waals surface area contributed by atoms with Gasteiger partial charge in [0.15, 0.2) is 0 Å². The first kappa shape index (κ1) is 9.09. The maximum absolute atomic E-state index is 4.36. The SMILES string of the molecule is c1cnc(N2CCC3(CCNC3)C2)cn1. The molecule has 80 valence electrons. The summed E-state index contributed by atoms with van der Waals surface area (Å²) in [6.45, 7) is 4.61. The van der Waals surface area contributed by atoms with E-state index in [0.29, 0.717) is 5.41 Å². The lowest BCUT2D eigenvalue weighted by atomic mass is 9.87. The van der Waals surface area contributed by atoms with Crippen LogP contribution in [-0.2, 0) is 0 Å². The molecule has 2 aliphatic heterocycles. The summed E-state index contributed by atoms with van der Waals surface area (Å²) in [5, 5.41) is 3.46. The van der Waals surface area contributed by atoms with Crippen molar-refractivity contribution in [2.45, 2.75) is 12.8 Å². The summed E-state index contributed by atoms with van der Waals surface area (Å²) in [4.78, 5) is 10.8. The van der Waals surface area contributed by atoms with Gasteiger partial charge in [0.1, 0.15) is 5.82 Å². The Morgan fingerprint density at radius 2 is 2.33 bits per heavy atom. The first-order chi connectivity index (χ1) is 7.38. The van der Waals surface area contributed by atoms with Crippen LogP contribution >= 0.6 is 0 Å². The fraction of sp³-hybridized carbons (Fsp3) is 0.636. The topological polar surface area (TPSA) is 41.1 Å². The van der Waals surface area contributed by atoms with Crippen molar-refractivity contribution in [3.05, 3.63) is 18.6 Å². The van der Waals surface area contributed by atoms with Gasteiger partial charge in [-0.3, -0.25) is 4.98 Å². The Morgan fingerprint density at radius 3 is 3.07 bits per heavy atom. The van der Waals surface area contributed by atoms with Crippen LogP contribution in [0.4, 0.5) is 5.82 Å². The van der Waals surface area contributed by atoms with Crippen LogP contribution in [0.1, 0.15) is 12.8 Å².